The van der Waals surface area contributed by atoms with Gasteiger partial charge in [-0.3, -0.25) is 14.9 Å². The molecule has 0 spiro atoms. The molecule has 178 valence electrons. The van der Waals surface area contributed by atoms with Gasteiger partial charge in [-0.05, 0) is 52.7 Å². The van der Waals surface area contributed by atoms with E-state index in [4.69, 9.17) is 27.9 Å². The summed E-state index contributed by atoms with van der Waals surface area (Å²) >= 11 is 12.2. The lowest BCUT2D eigenvalue weighted by molar-refractivity contribution is -0.122. The van der Waals surface area contributed by atoms with Crippen molar-refractivity contribution in [3.63, 3.8) is 0 Å². The van der Waals surface area contributed by atoms with Crippen LogP contribution in [-0.2, 0) is 16.2 Å². The summed E-state index contributed by atoms with van der Waals surface area (Å²) in [4.78, 5) is 39.7. The minimum absolute atomic E-state index is 0.178. The first-order chi connectivity index (χ1) is 17.4. The molecule has 0 unspecified atom stereocenters. The molecule has 0 bridgehead atoms. The summed E-state index contributed by atoms with van der Waals surface area (Å²) in [5.41, 5.74) is 1.39. The number of amides is 4. The second-order valence-electron chi connectivity index (χ2n) is 8.02. The minimum Gasteiger partial charge on any atom is -0.488 e. The Labute approximate surface area is 216 Å². The lowest BCUT2D eigenvalue weighted by Gasteiger charge is -2.27. The lowest BCUT2D eigenvalue weighted by atomic mass is 9.99. The van der Waals surface area contributed by atoms with Crippen molar-refractivity contribution >= 4 is 63.6 Å². The van der Waals surface area contributed by atoms with Gasteiger partial charge in [-0.25, -0.2) is 9.69 Å². The number of nitrogens with zero attached hydrogens (tertiary/aromatic N) is 1. The van der Waals surface area contributed by atoms with Gasteiger partial charge in [0.1, 0.15) is 17.9 Å². The zero-order chi connectivity index (χ0) is 25.2. The van der Waals surface area contributed by atoms with Crippen LogP contribution in [0.15, 0.2) is 90.5 Å². The van der Waals surface area contributed by atoms with Gasteiger partial charge in [-0.1, -0.05) is 77.8 Å². The number of fused-ring (bicyclic) bond motifs is 1. The summed E-state index contributed by atoms with van der Waals surface area (Å²) in [7, 11) is 0. The number of hydrogen-bond donors (Lipinski definition) is 1. The maximum absolute atomic E-state index is 13.4. The van der Waals surface area contributed by atoms with E-state index in [1.54, 1.807) is 36.4 Å². The first-order valence-electron chi connectivity index (χ1n) is 11.0. The van der Waals surface area contributed by atoms with Gasteiger partial charge in [0, 0.05) is 10.6 Å². The Hall–Kier alpha value is -4.13. The lowest BCUT2D eigenvalue weighted by Crippen LogP contribution is -2.54. The smallest absolute Gasteiger partial charge is 0.335 e. The number of barbiturate groups is 1. The predicted octanol–water partition coefficient (Wildman–Crippen LogP) is 6.39. The summed E-state index contributed by atoms with van der Waals surface area (Å²) in [5.74, 6) is -1.11. The van der Waals surface area contributed by atoms with Crippen LogP contribution < -0.4 is 15.0 Å². The molecule has 4 aromatic carbocycles. The number of rotatable bonds is 5. The number of benzene rings is 4. The minimum atomic E-state index is -0.868. The van der Waals surface area contributed by atoms with Crippen molar-refractivity contribution in [3.05, 3.63) is 112 Å². The van der Waals surface area contributed by atoms with Crippen molar-refractivity contribution < 1.29 is 19.1 Å². The second-order valence-corrected chi connectivity index (χ2v) is 8.87. The average molecular weight is 517 g/mol. The van der Waals surface area contributed by atoms with Crippen LogP contribution in [0.4, 0.5) is 10.5 Å². The predicted molar refractivity (Wildman–Crippen MR) is 140 cm³/mol. The molecular formula is C28H18Cl2N2O4. The number of carbonyl (C=O) groups excluding carboxylic acids is 3. The zero-order valence-electron chi connectivity index (χ0n) is 18.7. The molecule has 1 aliphatic heterocycles. The number of para-hydroxylation sites is 1. The third-order valence-electron chi connectivity index (χ3n) is 5.72. The van der Waals surface area contributed by atoms with Crippen molar-refractivity contribution in [3.8, 4) is 5.75 Å². The molecule has 0 radical (unpaired) electrons. The number of carbonyl (C=O) groups is 3. The van der Waals surface area contributed by atoms with E-state index in [-0.39, 0.29) is 22.9 Å². The maximum Gasteiger partial charge on any atom is 0.335 e. The highest BCUT2D eigenvalue weighted by molar-refractivity contribution is 6.42. The molecule has 1 aliphatic rings. The van der Waals surface area contributed by atoms with E-state index >= 15 is 0 Å². The Morgan fingerprint density at radius 3 is 2.33 bits per heavy atom. The summed E-state index contributed by atoms with van der Waals surface area (Å²) < 4.78 is 6.10. The normalized spacial score (nSPS) is 14.9. The second kappa shape index (κ2) is 9.85. The van der Waals surface area contributed by atoms with Gasteiger partial charge in [0.15, 0.2) is 0 Å². The Bertz CT molecular complexity index is 1550. The van der Waals surface area contributed by atoms with Crippen LogP contribution in [0.3, 0.4) is 0 Å². The summed E-state index contributed by atoms with van der Waals surface area (Å²) in [6, 6.07) is 24.0. The van der Waals surface area contributed by atoms with Crippen molar-refractivity contribution in [1.82, 2.24) is 5.32 Å². The summed E-state index contributed by atoms with van der Waals surface area (Å²) in [6.07, 6.45) is 1.45. The highest BCUT2D eigenvalue weighted by Gasteiger charge is 2.38. The highest BCUT2D eigenvalue weighted by Crippen LogP contribution is 2.33. The molecule has 1 heterocycles. The van der Waals surface area contributed by atoms with Gasteiger partial charge >= 0.3 is 6.03 Å². The number of halogens is 2. The van der Waals surface area contributed by atoms with E-state index in [1.807, 2.05) is 42.5 Å². The Morgan fingerprint density at radius 2 is 1.56 bits per heavy atom. The van der Waals surface area contributed by atoms with Gasteiger partial charge in [0.2, 0.25) is 0 Å². The molecule has 0 atom stereocenters. The van der Waals surface area contributed by atoms with Crippen molar-refractivity contribution in [2.24, 2.45) is 0 Å². The molecule has 1 saturated heterocycles. The van der Waals surface area contributed by atoms with Crippen LogP contribution in [0.2, 0.25) is 10.0 Å². The third kappa shape index (κ3) is 4.56. The molecule has 4 amide bonds. The summed E-state index contributed by atoms with van der Waals surface area (Å²) in [5, 5.41) is 4.73. The first-order valence-corrected chi connectivity index (χ1v) is 11.7. The molecule has 1 fully saturated rings. The van der Waals surface area contributed by atoms with Gasteiger partial charge in [0.25, 0.3) is 11.8 Å². The monoisotopic (exact) mass is 516 g/mol. The topological polar surface area (TPSA) is 75.7 Å². The van der Waals surface area contributed by atoms with Crippen LogP contribution in [0, 0.1) is 0 Å². The van der Waals surface area contributed by atoms with Crippen molar-refractivity contribution in [1.29, 1.82) is 0 Å². The first kappa shape index (κ1) is 23.6. The fourth-order valence-corrected chi connectivity index (χ4v) is 4.29. The molecular weight excluding hydrogens is 499 g/mol. The van der Waals surface area contributed by atoms with E-state index in [0.717, 1.165) is 21.2 Å². The van der Waals surface area contributed by atoms with Gasteiger partial charge in [-0.2, -0.15) is 0 Å². The Morgan fingerprint density at radius 1 is 0.833 bits per heavy atom. The molecule has 5 rings (SSSR count). The Balaban J connectivity index is 1.59. The average Bonchev–Trinajstić information content (AvgIpc) is 2.87. The van der Waals surface area contributed by atoms with Crippen LogP contribution in [0.1, 0.15) is 11.1 Å². The Kier molecular flexibility index (Phi) is 6.46. The highest BCUT2D eigenvalue weighted by atomic mass is 35.5. The van der Waals surface area contributed by atoms with E-state index in [0.29, 0.717) is 16.3 Å². The SMILES string of the molecule is O=C1NC(=O)N(c2ccccc2Cl)C(=O)/C1=C/c1c(OCc2ccc(Cl)cc2)ccc2ccccc12. The maximum atomic E-state index is 13.4. The quantitative estimate of drug-likeness (QED) is 0.246. The van der Waals surface area contributed by atoms with Gasteiger partial charge < -0.3 is 4.74 Å². The fraction of sp³-hybridized carbons (Fsp3) is 0.0357. The standard InChI is InChI=1S/C28H18Cl2N2O4/c29-19-12-9-17(10-13-19)16-36-25-14-11-18-5-1-2-6-20(18)21(25)15-22-26(33)31-28(35)32(27(22)34)24-8-4-3-7-23(24)30/h1-15H,16H2,(H,31,33,35)/b22-15+. The van der Waals surface area contributed by atoms with Crippen molar-refractivity contribution in [2.45, 2.75) is 6.61 Å². The number of nitrogens with one attached hydrogen (secondary N) is 1. The fourth-order valence-electron chi connectivity index (χ4n) is 3.95. The van der Waals surface area contributed by atoms with Gasteiger partial charge in [-0.15, -0.1) is 0 Å². The number of urea groups is 1. The van der Waals surface area contributed by atoms with Gasteiger partial charge in [0.05, 0.1) is 10.7 Å². The van der Waals surface area contributed by atoms with Crippen LogP contribution in [0.25, 0.3) is 16.8 Å². The number of anilines is 1. The van der Waals surface area contributed by atoms with E-state index in [1.165, 1.54) is 12.1 Å². The molecule has 4 aromatic rings. The van der Waals surface area contributed by atoms with E-state index in [2.05, 4.69) is 5.32 Å². The van der Waals surface area contributed by atoms with E-state index < -0.39 is 17.8 Å². The molecule has 1 N–H and O–H groups in total. The van der Waals surface area contributed by atoms with Crippen LogP contribution in [-0.4, -0.2) is 17.8 Å². The number of imide groups is 2. The number of hydrogen-bond acceptors (Lipinski definition) is 4. The largest absolute Gasteiger partial charge is 0.488 e. The molecule has 0 saturated carbocycles. The van der Waals surface area contributed by atoms with Crippen molar-refractivity contribution in [2.75, 3.05) is 4.90 Å². The number of ether oxygens (including phenoxy) is 1. The van der Waals surface area contributed by atoms with Crippen LogP contribution in [0.5, 0.6) is 5.75 Å². The molecule has 0 aliphatic carbocycles. The van der Waals surface area contributed by atoms with E-state index in [9.17, 15) is 14.4 Å². The molecule has 8 heteroatoms. The molecule has 0 aromatic heterocycles. The third-order valence-corrected chi connectivity index (χ3v) is 6.29. The van der Waals surface area contributed by atoms with Crippen LogP contribution >= 0.6 is 23.2 Å². The molecule has 36 heavy (non-hydrogen) atoms. The summed E-state index contributed by atoms with van der Waals surface area (Å²) in [6.45, 7) is 0.246. The zero-order valence-corrected chi connectivity index (χ0v) is 20.2. The molecule has 6 nitrogen and oxygen atoms in total.